The van der Waals surface area contributed by atoms with Crippen molar-refractivity contribution in [2.75, 3.05) is 0 Å². The fourth-order valence-corrected chi connectivity index (χ4v) is 15.2. The molecule has 0 bridgehead atoms. The van der Waals surface area contributed by atoms with Crippen molar-refractivity contribution >= 4 is 0 Å². The zero-order valence-corrected chi connectivity index (χ0v) is 61.2. The Bertz CT molecular complexity index is 5250. The quantitative estimate of drug-likeness (QED) is 0.0907. The minimum absolute atomic E-state index is 0. The fourth-order valence-electron chi connectivity index (χ4n) is 15.2. The largest absolute Gasteiger partial charge is 0.212 e. The molecule has 0 aliphatic rings. The van der Waals surface area contributed by atoms with Crippen molar-refractivity contribution < 1.29 is 33.8 Å². The predicted molar refractivity (Wildman–Crippen MR) is 426 cm³/mol. The number of nitrogens with zero attached hydrogens (tertiary/aromatic N) is 3. The van der Waals surface area contributed by atoms with Crippen molar-refractivity contribution in [3.8, 4) is 167 Å². The van der Waals surface area contributed by atoms with Crippen LogP contribution in [-0.2, 0) is 41.2 Å². The first kappa shape index (κ1) is 66.8. The van der Waals surface area contributed by atoms with E-state index in [1.54, 1.807) is 0 Å². The van der Waals surface area contributed by atoms with Crippen LogP contribution >= 0.6 is 0 Å². The topological polar surface area (TPSA) is 11.6 Å². The van der Waals surface area contributed by atoms with E-state index in [1.165, 1.54) is 66.8 Å². The van der Waals surface area contributed by atoms with Crippen molar-refractivity contribution in [2.45, 2.75) is 20.8 Å². The zero-order chi connectivity index (χ0) is 69.2. The molecule has 13 aromatic carbocycles. The minimum atomic E-state index is 0. The van der Waals surface area contributed by atoms with Gasteiger partial charge in [-0.15, -0.1) is 0 Å². The third-order valence-electron chi connectivity index (χ3n) is 20.4. The monoisotopic (exact) mass is 1500 g/mol. The Morgan fingerprint density at radius 1 is 0.155 bits per heavy atom. The summed E-state index contributed by atoms with van der Waals surface area (Å²) in [7, 11) is 6.43. The molecule has 0 atom stereocenters. The van der Waals surface area contributed by atoms with E-state index in [9.17, 15) is 0 Å². The summed E-state index contributed by atoms with van der Waals surface area (Å²) in [6.45, 7) is 6.81. The molecule has 3 heterocycles. The molecule has 495 valence electrons. The molecule has 0 saturated heterocycles. The molecule has 103 heavy (non-hydrogen) atoms. The van der Waals surface area contributed by atoms with Gasteiger partial charge in [0.15, 0.2) is 18.6 Å². The van der Waals surface area contributed by atoms with Gasteiger partial charge in [0, 0.05) is 73.2 Å². The molecule has 0 amide bonds. The van der Waals surface area contributed by atoms with Gasteiger partial charge in [0.2, 0.25) is 17.1 Å². The molecule has 0 fully saturated rings. The zero-order valence-electron chi connectivity index (χ0n) is 58.8. The molecular weight excluding hydrogens is 1420 g/mol. The van der Waals surface area contributed by atoms with Crippen LogP contribution in [0.5, 0.6) is 0 Å². The number of pyridine rings is 3. The summed E-state index contributed by atoms with van der Waals surface area (Å²) in [4.78, 5) is 0. The van der Waals surface area contributed by atoms with E-state index < -0.39 is 0 Å². The summed E-state index contributed by atoms with van der Waals surface area (Å²) in [5.41, 5.74) is 38.3. The van der Waals surface area contributed by atoms with Crippen molar-refractivity contribution in [2.24, 2.45) is 21.1 Å². The van der Waals surface area contributed by atoms with Crippen LogP contribution in [0.1, 0.15) is 16.7 Å². The van der Waals surface area contributed by atoms with Gasteiger partial charge in [-0.2, -0.15) is 0 Å². The van der Waals surface area contributed by atoms with Crippen molar-refractivity contribution in [1.29, 1.82) is 0 Å². The molecule has 0 aliphatic carbocycles. The van der Waals surface area contributed by atoms with Crippen LogP contribution in [-0.4, -0.2) is 0 Å². The summed E-state index contributed by atoms with van der Waals surface area (Å²) < 4.78 is 6.70. The second-order valence-electron chi connectivity index (χ2n) is 27.0. The smallest absolute Gasteiger partial charge is 0.201 e. The molecule has 16 rings (SSSR count). The Hall–Kier alpha value is -12.0. The molecular formula is C99H78IrN3+3. The van der Waals surface area contributed by atoms with Gasteiger partial charge in [-0.25, -0.2) is 13.7 Å². The van der Waals surface area contributed by atoms with Gasteiger partial charge in [-0.05, 0) is 262 Å². The van der Waals surface area contributed by atoms with E-state index in [2.05, 4.69) is 420 Å². The summed E-state index contributed by atoms with van der Waals surface area (Å²) in [6.07, 6.45) is 6.43. The number of hydrogen-bond donors (Lipinski definition) is 0. The SMILES string of the molecule is Cc1cc(-c2ccccc2-c2cc(-c3ccccc3-c3cc(C)c(-c4cccc[n+]4C)cc3-c3cccc(-c4ccccc4)c3)cc(-c3ccccc3-c3cc(C)c(-c4cccc[n+]4C)cc3-c3cccc(-c4ccccc4)c3)c2)c(-c2cccc(-c3ccccc3)c2)cc1-c1cccc[n+]1C.[Ir]. The number of aromatic nitrogens is 3. The Kier molecular flexibility index (Phi) is 19.0. The third-order valence-corrected chi connectivity index (χ3v) is 20.4. The normalized spacial score (nSPS) is 11.1. The average molecular weight is 1500 g/mol. The third kappa shape index (κ3) is 13.4. The molecule has 0 spiro atoms. The fraction of sp³-hybridized carbons (Fsp3) is 0.0606. The molecule has 3 nitrogen and oxygen atoms in total. The van der Waals surface area contributed by atoms with Crippen LogP contribution < -0.4 is 13.7 Å². The second-order valence-corrected chi connectivity index (χ2v) is 27.0. The molecule has 0 aliphatic heterocycles. The summed E-state index contributed by atoms with van der Waals surface area (Å²) >= 11 is 0. The van der Waals surface area contributed by atoms with Crippen molar-refractivity contribution in [3.63, 3.8) is 0 Å². The Labute approximate surface area is 619 Å². The molecule has 0 saturated carbocycles. The van der Waals surface area contributed by atoms with Gasteiger partial charge in [0.05, 0.1) is 0 Å². The van der Waals surface area contributed by atoms with Crippen LogP contribution in [0, 0.1) is 20.8 Å². The average Bonchev–Trinajstić information content (AvgIpc) is 0.750. The van der Waals surface area contributed by atoms with Crippen LogP contribution in [0.2, 0.25) is 0 Å². The van der Waals surface area contributed by atoms with Gasteiger partial charge in [-0.3, -0.25) is 0 Å². The van der Waals surface area contributed by atoms with Crippen LogP contribution in [0.15, 0.2) is 364 Å². The van der Waals surface area contributed by atoms with E-state index >= 15 is 0 Å². The molecule has 16 aromatic rings. The van der Waals surface area contributed by atoms with Crippen LogP contribution in [0.25, 0.3) is 167 Å². The number of rotatable bonds is 15. The maximum Gasteiger partial charge on any atom is 0.212 e. The van der Waals surface area contributed by atoms with Gasteiger partial charge >= 0.3 is 0 Å². The first-order chi connectivity index (χ1) is 50.1. The number of aryl methyl sites for hydroxylation is 6. The van der Waals surface area contributed by atoms with Crippen molar-refractivity contribution in [1.82, 2.24) is 0 Å². The predicted octanol–water partition coefficient (Wildman–Crippen LogP) is 24.1. The van der Waals surface area contributed by atoms with Crippen molar-refractivity contribution in [3.05, 3.63) is 381 Å². The van der Waals surface area contributed by atoms with Gasteiger partial charge in [-0.1, -0.05) is 218 Å². The molecule has 0 unspecified atom stereocenters. The standard InChI is InChI=1S/C99H78N3.Ir/c1-67-55-94(91(64-88(67)97-49-22-25-52-100(97)4)76-40-28-37-73(58-76)70-31-10-7-11-32-70)85-46-19-16-43-82(85)79-61-80(83-44-17-20-47-86(83)95-56-68(2)89(98-50-23-26-53-101(98)5)65-92(95)77-41-29-38-74(59-77)71-33-12-8-13-34-71)63-81(62-79)84-45-18-21-48-87(84)96-57-69(3)90(99-51-24-27-54-102(99)6)66-93(96)78-42-30-39-75(60-78)72-35-14-9-15-36-72;/h7-66H,1-6H3;/q+3;. The Balaban J connectivity index is 0.00000856. The van der Waals surface area contributed by atoms with E-state index in [4.69, 9.17) is 0 Å². The Morgan fingerprint density at radius 3 is 0.650 bits per heavy atom. The number of benzene rings is 13. The van der Waals surface area contributed by atoms with Crippen LogP contribution in [0.4, 0.5) is 0 Å². The van der Waals surface area contributed by atoms with Gasteiger partial charge in [0.25, 0.3) is 0 Å². The maximum absolute atomic E-state index is 2.46. The summed E-state index contributed by atoms with van der Waals surface area (Å²) in [6, 6.07) is 128. The molecule has 3 aromatic heterocycles. The second kappa shape index (κ2) is 29.3. The molecule has 1 radical (unpaired) electrons. The first-order valence-corrected chi connectivity index (χ1v) is 35.3. The summed E-state index contributed by atoms with van der Waals surface area (Å²) in [5.74, 6) is 0. The molecule has 4 heteroatoms. The first-order valence-electron chi connectivity index (χ1n) is 35.3. The van der Waals surface area contributed by atoms with E-state index in [0.717, 1.165) is 117 Å². The van der Waals surface area contributed by atoms with Crippen LogP contribution in [0.3, 0.4) is 0 Å². The van der Waals surface area contributed by atoms with Gasteiger partial charge < -0.3 is 0 Å². The van der Waals surface area contributed by atoms with E-state index in [0.29, 0.717) is 0 Å². The molecule has 0 N–H and O–H groups in total. The number of hydrogen-bond acceptors (Lipinski definition) is 0. The van der Waals surface area contributed by atoms with E-state index in [1.807, 2.05) is 0 Å². The van der Waals surface area contributed by atoms with E-state index in [-0.39, 0.29) is 20.1 Å². The van der Waals surface area contributed by atoms with Gasteiger partial charge in [0.1, 0.15) is 21.1 Å². The Morgan fingerprint density at radius 2 is 0.379 bits per heavy atom. The summed E-state index contributed by atoms with van der Waals surface area (Å²) in [5, 5.41) is 0. The minimum Gasteiger partial charge on any atom is -0.201 e. The maximum atomic E-state index is 2.46.